The smallest absolute Gasteiger partial charge is 0.268 e. The van der Waals surface area contributed by atoms with E-state index in [4.69, 9.17) is 5.73 Å². The Morgan fingerprint density at radius 3 is 2.81 bits per heavy atom. The predicted octanol–water partition coefficient (Wildman–Crippen LogP) is 1.39. The Morgan fingerprint density at radius 2 is 2.14 bits per heavy atom. The SMILES string of the molecule is CC(CN)(NC(=O)c1cc2ccccc2c(=O)[nH]1)C1CC1. The average Bonchev–Trinajstić information content (AvgIpc) is 3.32. The van der Waals surface area contributed by atoms with E-state index in [2.05, 4.69) is 10.3 Å². The fourth-order valence-corrected chi connectivity index (χ4v) is 2.70. The van der Waals surface area contributed by atoms with E-state index in [0.29, 0.717) is 17.8 Å². The quantitative estimate of drug-likeness (QED) is 0.793. The van der Waals surface area contributed by atoms with Gasteiger partial charge in [0.05, 0.1) is 5.54 Å². The molecule has 1 saturated carbocycles. The number of fused-ring (bicyclic) bond motifs is 1. The molecule has 1 aromatic carbocycles. The van der Waals surface area contributed by atoms with Crippen LogP contribution in [0.15, 0.2) is 35.1 Å². The van der Waals surface area contributed by atoms with Crippen LogP contribution in [0.5, 0.6) is 0 Å². The Labute approximate surface area is 122 Å². The van der Waals surface area contributed by atoms with Gasteiger partial charge in [0.1, 0.15) is 5.69 Å². The highest BCUT2D eigenvalue weighted by Gasteiger charge is 2.41. The number of benzene rings is 1. The van der Waals surface area contributed by atoms with Gasteiger partial charge in [-0.3, -0.25) is 9.59 Å². The molecular weight excluding hydrogens is 266 g/mol. The molecule has 0 radical (unpaired) electrons. The molecule has 5 heteroatoms. The molecule has 0 spiro atoms. The van der Waals surface area contributed by atoms with E-state index in [1.807, 2.05) is 19.1 Å². The summed E-state index contributed by atoms with van der Waals surface area (Å²) < 4.78 is 0. The third-order valence-electron chi connectivity index (χ3n) is 4.30. The van der Waals surface area contributed by atoms with Crippen molar-refractivity contribution in [2.45, 2.75) is 25.3 Å². The van der Waals surface area contributed by atoms with Crippen LogP contribution in [0.3, 0.4) is 0 Å². The van der Waals surface area contributed by atoms with Gasteiger partial charge in [-0.15, -0.1) is 0 Å². The number of H-pyrrole nitrogens is 1. The Hall–Kier alpha value is -2.14. The molecule has 1 unspecified atom stereocenters. The van der Waals surface area contributed by atoms with E-state index in [9.17, 15) is 9.59 Å². The minimum atomic E-state index is -0.403. The standard InChI is InChI=1S/C16H19N3O2/c1-16(9-17,11-6-7-11)19-15(21)13-8-10-4-2-3-5-12(10)14(20)18-13/h2-5,8,11H,6-7,9,17H2,1H3,(H,18,20)(H,19,21). The number of carbonyl (C=O) groups excluding carboxylic acids is 1. The van der Waals surface area contributed by atoms with Crippen LogP contribution < -0.4 is 16.6 Å². The molecule has 0 aliphatic heterocycles. The fraction of sp³-hybridized carbons (Fsp3) is 0.375. The monoisotopic (exact) mass is 285 g/mol. The second-order valence-corrected chi connectivity index (χ2v) is 5.95. The number of hydrogen-bond acceptors (Lipinski definition) is 3. The molecule has 4 N–H and O–H groups in total. The van der Waals surface area contributed by atoms with E-state index in [1.54, 1.807) is 18.2 Å². The number of pyridine rings is 1. The maximum Gasteiger partial charge on any atom is 0.268 e. The number of rotatable bonds is 4. The Bertz CT molecular complexity index is 749. The van der Waals surface area contributed by atoms with Gasteiger partial charge in [0.2, 0.25) is 0 Å². The van der Waals surface area contributed by atoms with Crippen molar-refractivity contribution >= 4 is 16.7 Å². The van der Waals surface area contributed by atoms with Gasteiger partial charge in [-0.2, -0.15) is 0 Å². The lowest BCUT2D eigenvalue weighted by Gasteiger charge is -2.29. The van der Waals surface area contributed by atoms with Gasteiger partial charge in [0.25, 0.3) is 11.5 Å². The normalized spacial score (nSPS) is 17.4. The van der Waals surface area contributed by atoms with Crippen LogP contribution in [-0.4, -0.2) is 23.0 Å². The summed E-state index contributed by atoms with van der Waals surface area (Å²) >= 11 is 0. The molecule has 1 heterocycles. The zero-order valence-electron chi connectivity index (χ0n) is 12.0. The van der Waals surface area contributed by atoms with E-state index in [-0.39, 0.29) is 17.2 Å². The van der Waals surface area contributed by atoms with Gasteiger partial charge in [-0.25, -0.2) is 0 Å². The van der Waals surface area contributed by atoms with Crippen LogP contribution in [0.4, 0.5) is 0 Å². The molecule has 1 amide bonds. The van der Waals surface area contributed by atoms with Crippen molar-refractivity contribution in [2.75, 3.05) is 6.54 Å². The van der Waals surface area contributed by atoms with Crippen molar-refractivity contribution in [2.24, 2.45) is 11.7 Å². The molecule has 3 rings (SSSR count). The number of aromatic nitrogens is 1. The number of carbonyl (C=O) groups is 1. The first kappa shape index (κ1) is 13.8. The zero-order chi connectivity index (χ0) is 15.0. The number of hydrogen-bond donors (Lipinski definition) is 3. The van der Waals surface area contributed by atoms with E-state index in [1.165, 1.54) is 0 Å². The van der Waals surface area contributed by atoms with Crippen LogP contribution in [-0.2, 0) is 0 Å². The Balaban J connectivity index is 1.93. The van der Waals surface area contributed by atoms with Gasteiger partial charge >= 0.3 is 0 Å². The fourth-order valence-electron chi connectivity index (χ4n) is 2.70. The molecular formula is C16H19N3O2. The van der Waals surface area contributed by atoms with Crippen molar-refractivity contribution < 1.29 is 4.79 Å². The molecule has 0 bridgehead atoms. The van der Waals surface area contributed by atoms with Crippen LogP contribution >= 0.6 is 0 Å². The number of aromatic amines is 1. The Morgan fingerprint density at radius 1 is 1.43 bits per heavy atom. The molecule has 1 aromatic heterocycles. The molecule has 2 aromatic rings. The van der Waals surface area contributed by atoms with Crippen LogP contribution in [0.1, 0.15) is 30.3 Å². The van der Waals surface area contributed by atoms with Crippen LogP contribution in [0, 0.1) is 5.92 Å². The van der Waals surface area contributed by atoms with E-state index < -0.39 is 5.54 Å². The predicted molar refractivity (Wildman–Crippen MR) is 82.2 cm³/mol. The highest BCUT2D eigenvalue weighted by molar-refractivity contribution is 5.96. The molecule has 1 fully saturated rings. The number of nitrogens with two attached hydrogens (primary N) is 1. The van der Waals surface area contributed by atoms with Gasteiger partial charge in [-0.1, -0.05) is 18.2 Å². The molecule has 1 aliphatic rings. The molecule has 0 saturated heterocycles. The van der Waals surface area contributed by atoms with Crippen molar-refractivity contribution in [3.63, 3.8) is 0 Å². The van der Waals surface area contributed by atoms with E-state index in [0.717, 1.165) is 18.2 Å². The van der Waals surface area contributed by atoms with Crippen molar-refractivity contribution in [1.82, 2.24) is 10.3 Å². The number of amides is 1. The largest absolute Gasteiger partial charge is 0.344 e. The highest BCUT2D eigenvalue weighted by Crippen LogP contribution is 2.39. The minimum Gasteiger partial charge on any atom is -0.344 e. The minimum absolute atomic E-state index is 0.251. The van der Waals surface area contributed by atoms with Crippen molar-refractivity contribution in [1.29, 1.82) is 0 Å². The van der Waals surface area contributed by atoms with Gasteiger partial charge in [-0.05, 0) is 43.2 Å². The van der Waals surface area contributed by atoms with Crippen LogP contribution in [0.2, 0.25) is 0 Å². The molecule has 5 nitrogen and oxygen atoms in total. The highest BCUT2D eigenvalue weighted by atomic mass is 16.2. The summed E-state index contributed by atoms with van der Waals surface area (Å²) in [5.74, 6) is 0.149. The summed E-state index contributed by atoms with van der Waals surface area (Å²) in [6, 6.07) is 8.91. The van der Waals surface area contributed by atoms with Crippen molar-refractivity contribution in [3.05, 3.63) is 46.4 Å². The molecule has 110 valence electrons. The summed E-state index contributed by atoms with van der Waals surface area (Å²) in [5, 5.41) is 4.32. The summed E-state index contributed by atoms with van der Waals surface area (Å²) in [7, 11) is 0. The summed E-state index contributed by atoms with van der Waals surface area (Å²) in [6.45, 7) is 2.35. The lowest BCUT2D eigenvalue weighted by atomic mass is 9.95. The lowest BCUT2D eigenvalue weighted by molar-refractivity contribution is 0.0892. The summed E-state index contributed by atoms with van der Waals surface area (Å²) in [4.78, 5) is 27.1. The zero-order valence-corrected chi connectivity index (χ0v) is 12.0. The second-order valence-electron chi connectivity index (χ2n) is 5.95. The number of nitrogens with one attached hydrogen (secondary N) is 2. The average molecular weight is 285 g/mol. The Kier molecular flexibility index (Phi) is 3.29. The molecule has 1 atom stereocenters. The van der Waals surface area contributed by atoms with Gasteiger partial charge in [0, 0.05) is 11.9 Å². The van der Waals surface area contributed by atoms with Gasteiger partial charge < -0.3 is 16.0 Å². The van der Waals surface area contributed by atoms with Crippen molar-refractivity contribution in [3.8, 4) is 0 Å². The maximum atomic E-state index is 12.4. The second kappa shape index (κ2) is 5.00. The first-order valence-electron chi connectivity index (χ1n) is 7.18. The first-order valence-corrected chi connectivity index (χ1v) is 7.18. The summed E-state index contributed by atoms with van der Waals surface area (Å²) in [6.07, 6.45) is 2.17. The maximum absolute atomic E-state index is 12.4. The van der Waals surface area contributed by atoms with E-state index >= 15 is 0 Å². The summed E-state index contributed by atoms with van der Waals surface area (Å²) in [5.41, 5.74) is 5.43. The topological polar surface area (TPSA) is 88.0 Å². The first-order chi connectivity index (χ1) is 10.0. The van der Waals surface area contributed by atoms with Gasteiger partial charge in [0.15, 0.2) is 0 Å². The molecule has 21 heavy (non-hydrogen) atoms. The molecule has 1 aliphatic carbocycles. The third-order valence-corrected chi connectivity index (χ3v) is 4.30. The lowest BCUT2D eigenvalue weighted by Crippen LogP contribution is -2.53. The third kappa shape index (κ3) is 2.56. The van der Waals surface area contributed by atoms with Crippen LogP contribution in [0.25, 0.3) is 10.8 Å².